The van der Waals surface area contributed by atoms with Crippen molar-refractivity contribution in [3.05, 3.63) is 28.2 Å². The standard InChI is InChI=1S/C13H17BrN2O2/c14-10-5-9(6-11(15)7-10)12(18)16-13(8-17)3-1-2-4-13/h5-7,17H,1-4,8,15H2,(H,16,18). The minimum absolute atomic E-state index is 0.0117. The van der Waals surface area contributed by atoms with Crippen LogP contribution in [-0.4, -0.2) is 23.2 Å². The van der Waals surface area contributed by atoms with Gasteiger partial charge in [-0.05, 0) is 31.0 Å². The average Bonchev–Trinajstić information content (AvgIpc) is 2.77. The Kier molecular flexibility index (Phi) is 3.92. The molecule has 1 aliphatic rings. The largest absolute Gasteiger partial charge is 0.399 e. The molecule has 0 bridgehead atoms. The Balaban J connectivity index is 2.16. The molecule has 18 heavy (non-hydrogen) atoms. The van der Waals surface area contributed by atoms with E-state index in [1.165, 1.54) is 0 Å². The van der Waals surface area contributed by atoms with E-state index in [9.17, 15) is 9.90 Å². The number of hydrogen-bond donors (Lipinski definition) is 3. The molecule has 98 valence electrons. The summed E-state index contributed by atoms with van der Waals surface area (Å²) in [5.74, 6) is -0.182. The van der Waals surface area contributed by atoms with Crippen molar-refractivity contribution in [2.45, 2.75) is 31.2 Å². The normalized spacial score (nSPS) is 17.7. The number of aliphatic hydroxyl groups is 1. The van der Waals surface area contributed by atoms with Crippen molar-refractivity contribution >= 4 is 27.5 Å². The van der Waals surface area contributed by atoms with Crippen LogP contribution < -0.4 is 11.1 Å². The van der Waals surface area contributed by atoms with Crippen molar-refractivity contribution in [2.24, 2.45) is 0 Å². The van der Waals surface area contributed by atoms with Crippen LogP contribution in [0.1, 0.15) is 36.0 Å². The summed E-state index contributed by atoms with van der Waals surface area (Å²) in [7, 11) is 0. The molecule has 1 aliphatic carbocycles. The van der Waals surface area contributed by atoms with Crippen molar-refractivity contribution in [1.29, 1.82) is 0 Å². The van der Waals surface area contributed by atoms with Gasteiger partial charge >= 0.3 is 0 Å². The molecule has 5 heteroatoms. The molecule has 1 aromatic carbocycles. The molecule has 1 aromatic rings. The molecule has 0 heterocycles. The Morgan fingerprint density at radius 3 is 2.61 bits per heavy atom. The van der Waals surface area contributed by atoms with Crippen LogP contribution in [0.2, 0.25) is 0 Å². The Bertz CT molecular complexity index is 436. The van der Waals surface area contributed by atoms with Crippen LogP contribution in [0.25, 0.3) is 0 Å². The van der Waals surface area contributed by atoms with Gasteiger partial charge in [-0.15, -0.1) is 0 Å². The molecule has 0 aromatic heterocycles. The van der Waals surface area contributed by atoms with Gasteiger partial charge in [-0.3, -0.25) is 4.79 Å². The Morgan fingerprint density at radius 1 is 1.39 bits per heavy atom. The van der Waals surface area contributed by atoms with Crippen molar-refractivity contribution in [3.8, 4) is 0 Å². The maximum atomic E-state index is 12.2. The van der Waals surface area contributed by atoms with Crippen molar-refractivity contribution in [1.82, 2.24) is 5.32 Å². The fraction of sp³-hybridized carbons (Fsp3) is 0.462. The van der Waals surface area contributed by atoms with Crippen LogP contribution in [-0.2, 0) is 0 Å². The van der Waals surface area contributed by atoms with E-state index in [-0.39, 0.29) is 12.5 Å². The first-order chi connectivity index (χ1) is 8.54. The lowest BCUT2D eigenvalue weighted by atomic mass is 9.98. The summed E-state index contributed by atoms with van der Waals surface area (Å²) in [4.78, 5) is 12.2. The van der Waals surface area contributed by atoms with Gasteiger partial charge in [0.2, 0.25) is 0 Å². The Hall–Kier alpha value is -1.07. The summed E-state index contributed by atoms with van der Waals surface area (Å²) in [6.45, 7) is -0.0117. The second-order valence-electron chi connectivity index (χ2n) is 4.87. The molecule has 1 amide bonds. The number of amides is 1. The third-order valence-corrected chi connectivity index (χ3v) is 3.88. The fourth-order valence-corrected chi connectivity index (χ4v) is 2.94. The predicted molar refractivity (Wildman–Crippen MR) is 74.3 cm³/mol. The highest BCUT2D eigenvalue weighted by Gasteiger charge is 2.34. The van der Waals surface area contributed by atoms with Crippen LogP contribution in [0.3, 0.4) is 0 Å². The van der Waals surface area contributed by atoms with Gasteiger partial charge in [0, 0.05) is 15.7 Å². The predicted octanol–water partition coefficient (Wildman–Crippen LogP) is 2.07. The van der Waals surface area contributed by atoms with Gasteiger partial charge in [0.15, 0.2) is 0 Å². The highest BCUT2D eigenvalue weighted by molar-refractivity contribution is 9.10. The van der Waals surface area contributed by atoms with E-state index in [1.807, 2.05) is 0 Å². The quantitative estimate of drug-likeness (QED) is 0.748. The second kappa shape index (κ2) is 5.28. The smallest absolute Gasteiger partial charge is 0.251 e. The number of aliphatic hydroxyl groups excluding tert-OH is 1. The number of anilines is 1. The molecular weight excluding hydrogens is 296 g/mol. The third-order valence-electron chi connectivity index (χ3n) is 3.42. The molecular formula is C13H17BrN2O2. The fourth-order valence-electron chi connectivity index (χ4n) is 2.43. The highest BCUT2D eigenvalue weighted by Crippen LogP contribution is 2.29. The Labute approximate surface area is 115 Å². The van der Waals surface area contributed by atoms with E-state index in [1.54, 1.807) is 18.2 Å². The van der Waals surface area contributed by atoms with Crippen molar-refractivity contribution < 1.29 is 9.90 Å². The summed E-state index contributed by atoms with van der Waals surface area (Å²) in [6.07, 6.45) is 3.75. The first-order valence-electron chi connectivity index (χ1n) is 6.04. The molecule has 1 fully saturated rings. The van der Waals surface area contributed by atoms with Gasteiger partial charge in [-0.25, -0.2) is 0 Å². The van der Waals surface area contributed by atoms with E-state index in [2.05, 4.69) is 21.2 Å². The minimum Gasteiger partial charge on any atom is -0.399 e. The summed E-state index contributed by atoms with van der Waals surface area (Å²) < 4.78 is 0.775. The number of nitrogen functional groups attached to an aromatic ring is 1. The molecule has 0 unspecified atom stereocenters. The number of nitrogens with two attached hydrogens (primary N) is 1. The maximum absolute atomic E-state index is 12.2. The van der Waals surface area contributed by atoms with E-state index in [0.717, 1.165) is 30.2 Å². The topological polar surface area (TPSA) is 75.4 Å². The number of hydrogen-bond acceptors (Lipinski definition) is 3. The summed E-state index contributed by atoms with van der Waals surface area (Å²) in [5, 5.41) is 12.4. The zero-order chi connectivity index (χ0) is 13.2. The molecule has 1 saturated carbocycles. The maximum Gasteiger partial charge on any atom is 0.251 e. The number of nitrogens with one attached hydrogen (secondary N) is 1. The van der Waals surface area contributed by atoms with Crippen LogP contribution in [0.5, 0.6) is 0 Å². The SMILES string of the molecule is Nc1cc(Br)cc(C(=O)NC2(CO)CCCC2)c1. The average molecular weight is 313 g/mol. The lowest BCUT2D eigenvalue weighted by Crippen LogP contribution is -2.49. The number of halogens is 1. The summed E-state index contributed by atoms with van der Waals surface area (Å²) >= 11 is 3.32. The molecule has 0 aliphatic heterocycles. The van der Waals surface area contributed by atoms with Crippen molar-refractivity contribution in [2.75, 3.05) is 12.3 Å². The first-order valence-corrected chi connectivity index (χ1v) is 6.83. The molecule has 4 N–H and O–H groups in total. The lowest BCUT2D eigenvalue weighted by Gasteiger charge is -2.28. The molecule has 0 atom stereocenters. The number of rotatable bonds is 3. The zero-order valence-electron chi connectivity index (χ0n) is 10.1. The van der Waals surface area contributed by atoms with E-state index in [0.29, 0.717) is 11.3 Å². The van der Waals surface area contributed by atoms with E-state index >= 15 is 0 Å². The van der Waals surface area contributed by atoms with Crippen LogP contribution in [0.4, 0.5) is 5.69 Å². The third kappa shape index (κ3) is 2.84. The molecule has 4 nitrogen and oxygen atoms in total. The van der Waals surface area contributed by atoms with Crippen molar-refractivity contribution in [3.63, 3.8) is 0 Å². The van der Waals surface area contributed by atoms with E-state index in [4.69, 9.17) is 5.73 Å². The second-order valence-corrected chi connectivity index (χ2v) is 5.79. The van der Waals surface area contributed by atoms with Gasteiger partial charge in [0.1, 0.15) is 0 Å². The van der Waals surface area contributed by atoms with Gasteiger partial charge in [0.25, 0.3) is 5.91 Å². The molecule has 0 radical (unpaired) electrons. The van der Waals surface area contributed by atoms with Gasteiger partial charge < -0.3 is 16.2 Å². The monoisotopic (exact) mass is 312 g/mol. The number of carbonyl (C=O) groups excluding carboxylic acids is 1. The lowest BCUT2D eigenvalue weighted by molar-refractivity contribution is 0.0838. The zero-order valence-corrected chi connectivity index (χ0v) is 11.7. The van der Waals surface area contributed by atoms with Gasteiger partial charge in [-0.2, -0.15) is 0 Å². The van der Waals surface area contributed by atoms with Crippen LogP contribution in [0.15, 0.2) is 22.7 Å². The Morgan fingerprint density at radius 2 is 2.06 bits per heavy atom. The molecule has 0 saturated heterocycles. The van der Waals surface area contributed by atoms with Crippen LogP contribution >= 0.6 is 15.9 Å². The number of carbonyl (C=O) groups is 1. The van der Waals surface area contributed by atoms with Gasteiger partial charge in [0.05, 0.1) is 12.1 Å². The van der Waals surface area contributed by atoms with Gasteiger partial charge in [-0.1, -0.05) is 28.8 Å². The number of benzene rings is 1. The summed E-state index contributed by atoms with van der Waals surface area (Å²) in [5.41, 5.74) is 6.32. The minimum atomic E-state index is -0.450. The summed E-state index contributed by atoms with van der Waals surface area (Å²) in [6, 6.07) is 5.11. The molecule has 0 spiro atoms. The first kappa shape index (κ1) is 13.4. The van der Waals surface area contributed by atoms with Crippen LogP contribution in [0, 0.1) is 0 Å². The molecule has 2 rings (SSSR count). The van der Waals surface area contributed by atoms with E-state index < -0.39 is 5.54 Å². The highest BCUT2D eigenvalue weighted by atomic mass is 79.9.